The monoisotopic (exact) mass is 242 g/mol. The number of pyridine rings is 2. The van der Waals surface area contributed by atoms with Gasteiger partial charge in [-0.05, 0) is 24.6 Å². The quantitative estimate of drug-likeness (QED) is 0.855. The molecule has 2 aromatic rings. The molecule has 0 bridgehead atoms. The molecule has 3 N–H and O–H groups in total. The highest BCUT2D eigenvalue weighted by molar-refractivity contribution is 5.98. The predicted octanol–water partition coefficient (Wildman–Crippen LogP) is 1.55. The van der Waals surface area contributed by atoms with E-state index in [1.54, 1.807) is 24.7 Å². The van der Waals surface area contributed by atoms with Crippen LogP contribution in [0.2, 0.25) is 0 Å². The van der Waals surface area contributed by atoms with Gasteiger partial charge in [-0.25, -0.2) is 0 Å². The molecule has 0 aromatic carbocycles. The zero-order valence-corrected chi connectivity index (χ0v) is 10.00. The number of hydrogen-bond acceptors (Lipinski definition) is 4. The van der Waals surface area contributed by atoms with Gasteiger partial charge < -0.3 is 11.1 Å². The highest BCUT2D eigenvalue weighted by Crippen LogP contribution is 2.13. The number of hydrogen-bond donors (Lipinski definition) is 2. The number of nitrogens with zero attached hydrogens (tertiary/aromatic N) is 2. The maximum atomic E-state index is 12.0. The van der Waals surface area contributed by atoms with E-state index >= 15 is 0 Å². The Balaban J connectivity index is 2.11. The van der Waals surface area contributed by atoms with Crippen molar-refractivity contribution in [2.75, 3.05) is 5.73 Å². The van der Waals surface area contributed by atoms with Gasteiger partial charge in [-0.1, -0.05) is 6.07 Å². The second kappa shape index (κ2) is 5.27. The van der Waals surface area contributed by atoms with Gasteiger partial charge in [-0.3, -0.25) is 14.8 Å². The molecule has 0 aliphatic carbocycles. The van der Waals surface area contributed by atoms with E-state index in [0.717, 1.165) is 5.56 Å². The zero-order chi connectivity index (χ0) is 13.0. The standard InChI is InChI=1S/C13H14N4O/c1-9(10-3-2-5-15-7-10)17-13(18)11-8-16-6-4-12(11)14/h2-9H,1H3,(H2,14,16)(H,17,18). The number of nitrogens with one attached hydrogen (secondary N) is 1. The van der Waals surface area contributed by atoms with Gasteiger partial charge in [0.05, 0.1) is 11.6 Å². The fourth-order valence-corrected chi connectivity index (χ4v) is 1.58. The van der Waals surface area contributed by atoms with E-state index in [1.165, 1.54) is 6.20 Å². The lowest BCUT2D eigenvalue weighted by molar-refractivity contribution is 0.0940. The summed E-state index contributed by atoms with van der Waals surface area (Å²) in [4.78, 5) is 19.9. The summed E-state index contributed by atoms with van der Waals surface area (Å²) < 4.78 is 0. The van der Waals surface area contributed by atoms with Crippen LogP contribution in [0.1, 0.15) is 28.9 Å². The molecular weight excluding hydrogens is 228 g/mol. The van der Waals surface area contributed by atoms with E-state index in [2.05, 4.69) is 15.3 Å². The molecule has 0 fully saturated rings. The van der Waals surface area contributed by atoms with Crippen LogP contribution in [-0.4, -0.2) is 15.9 Å². The Kier molecular flexibility index (Phi) is 3.52. The maximum Gasteiger partial charge on any atom is 0.255 e. The molecule has 0 spiro atoms. The van der Waals surface area contributed by atoms with Crippen LogP contribution in [0, 0.1) is 0 Å². The molecule has 92 valence electrons. The number of anilines is 1. The Hall–Kier alpha value is -2.43. The van der Waals surface area contributed by atoms with Crippen LogP contribution in [0.5, 0.6) is 0 Å². The van der Waals surface area contributed by atoms with Crippen LogP contribution in [0.3, 0.4) is 0 Å². The molecule has 0 saturated heterocycles. The summed E-state index contributed by atoms with van der Waals surface area (Å²) in [6, 6.07) is 5.20. The number of rotatable bonds is 3. The van der Waals surface area contributed by atoms with E-state index < -0.39 is 0 Å². The zero-order valence-electron chi connectivity index (χ0n) is 10.00. The molecule has 0 radical (unpaired) electrons. The Bertz CT molecular complexity index is 542. The average molecular weight is 242 g/mol. The van der Waals surface area contributed by atoms with Crippen LogP contribution in [0.15, 0.2) is 43.0 Å². The first-order valence-electron chi connectivity index (χ1n) is 5.58. The second-order valence-corrected chi connectivity index (χ2v) is 3.94. The van der Waals surface area contributed by atoms with E-state index in [-0.39, 0.29) is 11.9 Å². The third-order valence-electron chi connectivity index (χ3n) is 2.63. The van der Waals surface area contributed by atoms with E-state index in [0.29, 0.717) is 11.3 Å². The molecule has 1 atom stereocenters. The number of carbonyl (C=O) groups excluding carboxylic acids is 1. The lowest BCUT2D eigenvalue weighted by Crippen LogP contribution is -2.27. The molecule has 2 aromatic heterocycles. The Labute approximate surface area is 105 Å². The summed E-state index contributed by atoms with van der Waals surface area (Å²) in [7, 11) is 0. The van der Waals surface area contributed by atoms with Gasteiger partial charge in [-0.15, -0.1) is 0 Å². The van der Waals surface area contributed by atoms with E-state index in [9.17, 15) is 4.79 Å². The third kappa shape index (κ3) is 2.63. The number of amides is 1. The molecule has 5 nitrogen and oxygen atoms in total. The van der Waals surface area contributed by atoms with Crippen molar-refractivity contribution >= 4 is 11.6 Å². The average Bonchev–Trinajstić information content (AvgIpc) is 2.40. The van der Waals surface area contributed by atoms with Gasteiger partial charge in [0.15, 0.2) is 0 Å². The smallest absolute Gasteiger partial charge is 0.255 e. The van der Waals surface area contributed by atoms with Crippen LogP contribution in [0.25, 0.3) is 0 Å². The van der Waals surface area contributed by atoms with Gasteiger partial charge in [0.2, 0.25) is 0 Å². The van der Waals surface area contributed by atoms with Crippen LogP contribution < -0.4 is 11.1 Å². The molecule has 0 aliphatic heterocycles. The maximum absolute atomic E-state index is 12.0. The van der Waals surface area contributed by atoms with E-state index in [4.69, 9.17) is 5.73 Å². The lowest BCUT2D eigenvalue weighted by atomic mass is 10.1. The normalized spacial score (nSPS) is 11.8. The van der Waals surface area contributed by atoms with Gasteiger partial charge in [0, 0.05) is 30.5 Å². The number of carbonyl (C=O) groups is 1. The topological polar surface area (TPSA) is 80.9 Å². The van der Waals surface area contributed by atoms with Gasteiger partial charge >= 0.3 is 0 Å². The first-order chi connectivity index (χ1) is 8.68. The summed E-state index contributed by atoms with van der Waals surface area (Å²) in [6.45, 7) is 1.89. The molecule has 2 rings (SSSR count). The fourth-order valence-electron chi connectivity index (χ4n) is 1.58. The molecule has 2 heterocycles. The first kappa shape index (κ1) is 12.0. The molecule has 1 unspecified atom stereocenters. The minimum atomic E-state index is -0.239. The highest BCUT2D eigenvalue weighted by atomic mass is 16.1. The Morgan fingerprint density at radius 3 is 2.72 bits per heavy atom. The van der Waals surface area contributed by atoms with Crippen LogP contribution in [0.4, 0.5) is 5.69 Å². The minimum absolute atomic E-state index is 0.134. The van der Waals surface area contributed by atoms with Crippen LogP contribution in [-0.2, 0) is 0 Å². The van der Waals surface area contributed by atoms with E-state index in [1.807, 2.05) is 19.1 Å². The van der Waals surface area contributed by atoms with Crippen molar-refractivity contribution in [3.63, 3.8) is 0 Å². The largest absolute Gasteiger partial charge is 0.398 e. The van der Waals surface area contributed by atoms with Gasteiger partial charge in [0.25, 0.3) is 5.91 Å². The van der Waals surface area contributed by atoms with Crippen molar-refractivity contribution in [1.29, 1.82) is 0 Å². The Morgan fingerprint density at radius 1 is 1.28 bits per heavy atom. The second-order valence-electron chi connectivity index (χ2n) is 3.94. The Morgan fingerprint density at radius 2 is 2.06 bits per heavy atom. The summed E-state index contributed by atoms with van der Waals surface area (Å²) >= 11 is 0. The molecule has 5 heteroatoms. The van der Waals surface area contributed by atoms with Crippen molar-refractivity contribution in [3.05, 3.63) is 54.1 Å². The highest BCUT2D eigenvalue weighted by Gasteiger charge is 2.13. The number of aromatic nitrogens is 2. The van der Waals surface area contributed by atoms with Crippen molar-refractivity contribution in [2.45, 2.75) is 13.0 Å². The molecule has 1 amide bonds. The molecule has 18 heavy (non-hydrogen) atoms. The summed E-state index contributed by atoms with van der Waals surface area (Å²) in [5.74, 6) is -0.239. The predicted molar refractivity (Wildman–Crippen MR) is 68.8 cm³/mol. The third-order valence-corrected chi connectivity index (χ3v) is 2.63. The molecule has 0 saturated carbocycles. The van der Waals surface area contributed by atoms with Crippen molar-refractivity contribution in [1.82, 2.24) is 15.3 Å². The molecule has 0 aliphatic rings. The summed E-state index contributed by atoms with van der Waals surface area (Å²) in [5.41, 5.74) is 7.46. The SMILES string of the molecule is CC(NC(=O)c1cnccc1N)c1cccnc1. The van der Waals surface area contributed by atoms with Gasteiger partial charge in [-0.2, -0.15) is 0 Å². The van der Waals surface area contributed by atoms with Crippen LogP contribution >= 0.6 is 0 Å². The summed E-state index contributed by atoms with van der Waals surface area (Å²) in [5, 5.41) is 2.85. The minimum Gasteiger partial charge on any atom is -0.398 e. The summed E-state index contributed by atoms with van der Waals surface area (Å²) in [6.07, 6.45) is 6.42. The number of nitrogen functional groups attached to an aromatic ring is 1. The fraction of sp³-hybridized carbons (Fsp3) is 0.154. The molecular formula is C13H14N4O. The number of nitrogens with two attached hydrogens (primary N) is 1. The van der Waals surface area contributed by atoms with Gasteiger partial charge in [0.1, 0.15) is 0 Å². The first-order valence-corrected chi connectivity index (χ1v) is 5.58. The van der Waals surface area contributed by atoms with Crippen molar-refractivity contribution in [3.8, 4) is 0 Å². The van der Waals surface area contributed by atoms with Crippen molar-refractivity contribution < 1.29 is 4.79 Å². The van der Waals surface area contributed by atoms with Crippen molar-refractivity contribution in [2.24, 2.45) is 0 Å². The lowest BCUT2D eigenvalue weighted by Gasteiger charge is -2.14.